The normalized spacial score (nSPS) is 15.2. The summed E-state index contributed by atoms with van der Waals surface area (Å²) >= 11 is 1.48. The second-order valence-electron chi connectivity index (χ2n) is 7.51. The minimum atomic E-state index is -0.441. The number of nitrogens with one attached hydrogen (secondary N) is 1. The average molecular weight is 438 g/mol. The Morgan fingerprint density at radius 2 is 2.16 bits per heavy atom. The van der Waals surface area contributed by atoms with Gasteiger partial charge in [0.2, 0.25) is 11.8 Å². The number of halogens is 1. The van der Waals surface area contributed by atoms with Gasteiger partial charge in [-0.1, -0.05) is 0 Å². The standard InChI is InChI=1S/C22H19FN4O3S/c1-10-4-13(19-16(5-10)26-18(29-3)9-25-19)22-27-17-7-15(23)20-14(21(17)31-22)6-12(30-20)8-24-11(2)28/h4-5,7,9,12H,6,8H2,1-3H3,(H,24,28)/t12-/m1/s1. The molecule has 1 amide bonds. The van der Waals surface area contributed by atoms with Crippen molar-refractivity contribution in [2.75, 3.05) is 13.7 Å². The van der Waals surface area contributed by atoms with Crippen LogP contribution in [0.3, 0.4) is 0 Å². The Bertz CT molecular complexity index is 1350. The first-order valence-corrected chi connectivity index (χ1v) is 10.6. The number of aryl methyl sites for hydroxylation is 1. The molecule has 7 nitrogen and oxygen atoms in total. The first kappa shape index (κ1) is 19.6. The molecule has 0 saturated heterocycles. The van der Waals surface area contributed by atoms with E-state index in [0.717, 1.165) is 26.4 Å². The Hall–Kier alpha value is -3.33. The van der Waals surface area contributed by atoms with Gasteiger partial charge in [0.1, 0.15) is 11.1 Å². The molecule has 1 aliphatic rings. The van der Waals surface area contributed by atoms with E-state index in [9.17, 15) is 9.18 Å². The number of thiazole rings is 1. The zero-order valence-electron chi connectivity index (χ0n) is 17.2. The summed E-state index contributed by atoms with van der Waals surface area (Å²) in [6.07, 6.45) is 1.78. The number of hydrogen-bond acceptors (Lipinski definition) is 7. The molecule has 5 rings (SSSR count). The summed E-state index contributed by atoms with van der Waals surface area (Å²) in [5, 5.41) is 3.47. The molecule has 2 aromatic heterocycles. The van der Waals surface area contributed by atoms with E-state index in [1.165, 1.54) is 24.3 Å². The summed E-state index contributed by atoms with van der Waals surface area (Å²) in [5.41, 5.74) is 4.65. The van der Waals surface area contributed by atoms with Crippen LogP contribution in [0.15, 0.2) is 24.4 Å². The van der Waals surface area contributed by atoms with Gasteiger partial charge in [0.25, 0.3) is 0 Å². The van der Waals surface area contributed by atoms with Crippen molar-refractivity contribution < 1.29 is 18.7 Å². The van der Waals surface area contributed by atoms with Crippen molar-refractivity contribution in [1.82, 2.24) is 20.3 Å². The fraction of sp³-hybridized carbons (Fsp3) is 0.273. The van der Waals surface area contributed by atoms with Gasteiger partial charge in [0.15, 0.2) is 11.6 Å². The molecule has 0 spiro atoms. The number of carbonyl (C=O) groups excluding carboxylic acids is 1. The summed E-state index contributed by atoms with van der Waals surface area (Å²) in [7, 11) is 1.55. The third-order valence-corrected chi connectivity index (χ3v) is 6.35. The molecular formula is C22H19FN4O3S. The highest BCUT2D eigenvalue weighted by atomic mass is 32.1. The topological polar surface area (TPSA) is 86.2 Å². The first-order valence-electron chi connectivity index (χ1n) is 9.77. The molecule has 1 aliphatic heterocycles. The van der Waals surface area contributed by atoms with Gasteiger partial charge in [-0.25, -0.2) is 19.3 Å². The van der Waals surface area contributed by atoms with Crippen LogP contribution >= 0.6 is 11.3 Å². The highest BCUT2D eigenvalue weighted by Gasteiger charge is 2.30. The van der Waals surface area contributed by atoms with Crippen molar-refractivity contribution in [3.63, 3.8) is 0 Å². The number of methoxy groups -OCH3 is 1. The van der Waals surface area contributed by atoms with Gasteiger partial charge in [0.05, 0.1) is 41.1 Å². The lowest BCUT2D eigenvalue weighted by Crippen LogP contribution is -2.32. The average Bonchev–Trinajstić information content (AvgIpc) is 3.35. The lowest BCUT2D eigenvalue weighted by Gasteiger charge is -2.10. The first-order chi connectivity index (χ1) is 14.9. The van der Waals surface area contributed by atoms with E-state index in [2.05, 4.69) is 15.3 Å². The van der Waals surface area contributed by atoms with Crippen LogP contribution in [0.1, 0.15) is 18.1 Å². The number of carbonyl (C=O) groups is 1. The third-order valence-electron chi connectivity index (χ3n) is 5.19. The molecule has 0 unspecified atom stereocenters. The van der Waals surface area contributed by atoms with Gasteiger partial charge in [-0.3, -0.25) is 4.79 Å². The maximum absolute atomic E-state index is 14.7. The van der Waals surface area contributed by atoms with Crippen LogP contribution in [-0.4, -0.2) is 40.6 Å². The van der Waals surface area contributed by atoms with Crippen LogP contribution in [0, 0.1) is 12.7 Å². The maximum Gasteiger partial charge on any atom is 0.232 e. The molecule has 0 aliphatic carbocycles. The Morgan fingerprint density at radius 1 is 1.32 bits per heavy atom. The van der Waals surface area contributed by atoms with Crippen LogP contribution in [-0.2, 0) is 11.2 Å². The van der Waals surface area contributed by atoms with E-state index in [-0.39, 0.29) is 17.8 Å². The van der Waals surface area contributed by atoms with Gasteiger partial charge in [-0.05, 0) is 24.6 Å². The summed E-state index contributed by atoms with van der Waals surface area (Å²) in [6.45, 7) is 3.76. The Balaban J connectivity index is 1.61. The number of aromatic nitrogens is 3. The van der Waals surface area contributed by atoms with E-state index in [1.807, 2.05) is 19.1 Å². The van der Waals surface area contributed by atoms with Gasteiger partial charge in [-0.2, -0.15) is 0 Å². The Kier molecular flexibility index (Phi) is 4.70. The molecule has 2 aromatic carbocycles. The smallest absolute Gasteiger partial charge is 0.232 e. The molecule has 0 fully saturated rings. The van der Waals surface area contributed by atoms with Crippen LogP contribution < -0.4 is 14.8 Å². The Morgan fingerprint density at radius 3 is 2.94 bits per heavy atom. The van der Waals surface area contributed by atoms with Crippen molar-refractivity contribution in [2.45, 2.75) is 26.4 Å². The quantitative estimate of drug-likeness (QED) is 0.522. The summed E-state index contributed by atoms with van der Waals surface area (Å²) in [5.74, 6) is 0.102. The van der Waals surface area contributed by atoms with Crippen molar-refractivity contribution in [3.8, 4) is 22.2 Å². The number of benzene rings is 2. The van der Waals surface area contributed by atoms with Crippen molar-refractivity contribution in [1.29, 1.82) is 0 Å². The molecule has 9 heteroatoms. The number of hydrogen-bond donors (Lipinski definition) is 1. The van der Waals surface area contributed by atoms with Crippen molar-refractivity contribution >= 4 is 38.5 Å². The van der Waals surface area contributed by atoms with Crippen molar-refractivity contribution in [2.24, 2.45) is 0 Å². The van der Waals surface area contributed by atoms with E-state index in [4.69, 9.17) is 14.5 Å². The van der Waals surface area contributed by atoms with E-state index < -0.39 is 5.82 Å². The Labute approximate surface area is 181 Å². The molecule has 31 heavy (non-hydrogen) atoms. The van der Waals surface area contributed by atoms with Gasteiger partial charge >= 0.3 is 0 Å². The highest BCUT2D eigenvalue weighted by molar-refractivity contribution is 7.22. The summed E-state index contributed by atoms with van der Waals surface area (Å²) < 4.78 is 26.6. The molecule has 4 aromatic rings. The fourth-order valence-corrected chi connectivity index (χ4v) is 4.93. The fourth-order valence-electron chi connectivity index (χ4n) is 3.82. The second-order valence-corrected chi connectivity index (χ2v) is 8.51. The molecular weight excluding hydrogens is 419 g/mol. The van der Waals surface area contributed by atoms with E-state index in [0.29, 0.717) is 35.4 Å². The monoisotopic (exact) mass is 438 g/mol. The molecule has 0 radical (unpaired) electrons. The van der Waals surface area contributed by atoms with Crippen LogP contribution in [0.5, 0.6) is 11.6 Å². The number of nitrogens with zero attached hydrogens (tertiary/aromatic N) is 3. The predicted octanol–water partition coefficient (Wildman–Crippen LogP) is 3.80. The lowest BCUT2D eigenvalue weighted by atomic mass is 10.1. The third kappa shape index (κ3) is 3.44. The summed E-state index contributed by atoms with van der Waals surface area (Å²) in [6, 6.07) is 5.36. The van der Waals surface area contributed by atoms with Crippen molar-refractivity contribution in [3.05, 3.63) is 41.3 Å². The number of amides is 1. The van der Waals surface area contributed by atoms with E-state index in [1.54, 1.807) is 13.3 Å². The largest absolute Gasteiger partial charge is 0.485 e. The lowest BCUT2D eigenvalue weighted by molar-refractivity contribution is -0.119. The van der Waals surface area contributed by atoms with Gasteiger partial charge in [-0.15, -0.1) is 11.3 Å². The SMILES string of the molecule is COc1cnc2c(-c3nc4cc(F)c5c(c4s3)C[C@H](CNC(C)=O)O5)cc(C)cc2n1. The molecule has 0 bridgehead atoms. The van der Waals surface area contributed by atoms with Gasteiger partial charge in [0, 0.05) is 30.5 Å². The van der Waals surface area contributed by atoms with Crippen LogP contribution in [0.25, 0.3) is 31.8 Å². The number of fused-ring (bicyclic) bond motifs is 4. The predicted molar refractivity (Wildman–Crippen MR) is 116 cm³/mol. The number of rotatable bonds is 4. The summed E-state index contributed by atoms with van der Waals surface area (Å²) in [4.78, 5) is 24.9. The molecule has 3 heterocycles. The maximum atomic E-state index is 14.7. The zero-order valence-corrected chi connectivity index (χ0v) is 18.0. The van der Waals surface area contributed by atoms with Gasteiger partial charge < -0.3 is 14.8 Å². The molecule has 1 atom stereocenters. The van der Waals surface area contributed by atoms with Crippen LogP contribution in [0.2, 0.25) is 0 Å². The second kappa shape index (κ2) is 7.42. The van der Waals surface area contributed by atoms with Crippen LogP contribution in [0.4, 0.5) is 4.39 Å². The molecule has 0 saturated carbocycles. The minimum absolute atomic E-state index is 0.144. The molecule has 158 valence electrons. The van der Waals surface area contributed by atoms with E-state index >= 15 is 0 Å². The minimum Gasteiger partial charge on any atom is -0.485 e. The highest BCUT2D eigenvalue weighted by Crippen LogP contribution is 2.43. The molecule has 1 N–H and O–H groups in total. The number of ether oxygens (including phenoxy) is 2. The zero-order chi connectivity index (χ0) is 21.7.